The van der Waals surface area contributed by atoms with E-state index >= 15 is 0 Å². The fourth-order valence-corrected chi connectivity index (χ4v) is 3.03. The maximum absolute atomic E-state index is 12.4. The fourth-order valence-electron chi connectivity index (χ4n) is 2.35. The number of methoxy groups -OCH3 is 1. The van der Waals surface area contributed by atoms with Gasteiger partial charge in [0.05, 0.1) is 23.7 Å². The van der Waals surface area contributed by atoms with Gasteiger partial charge in [-0.2, -0.15) is 0 Å². The molecule has 0 bridgehead atoms. The van der Waals surface area contributed by atoms with Crippen LogP contribution in [0.3, 0.4) is 0 Å². The number of benzene rings is 2. The third-order valence-electron chi connectivity index (χ3n) is 4.09. The van der Waals surface area contributed by atoms with E-state index in [9.17, 15) is 14.4 Å². The van der Waals surface area contributed by atoms with E-state index in [1.54, 1.807) is 25.1 Å². The average Bonchev–Trinajstić information content (AvgIpc) is 2.68. The molecule has 28 heavy (non-hydrogen) atoms. The molecule has 6 nitrogen and oxygen atoms in total. The van der Waals surface area contributed by atoms with E-state index in [4.69, 9.17) is 4.74 Å². The number of carbonyl (C=O) groups excluding carboxylic acids is 3. The molecule has 0 fully saturated rings. The number of ether oxygens (including phenoxy) is 1. The van der Waals surface area contributed by atoms with E-state index in [1.807, 2.05) is 38.1 Å². The van der Waals surface area contributed by atoms with Crippen molar-refractivity contribution < 1.29 is 19.1 Å². The van der Waals surface area contributed by atoms with Gasteiger partial charge in [-0.1, -0.05) is 23.8 Å². The number of rotatable bonds is 7. The Bertz CT molecular complexity index is 865. The van der Waals surface area contributed by atoms with Gasteiger partial charge in [0.2, 0.25) is 11.8 Å². The Morgan fingerprint density at radius 3 is 2.36 bits per heavy atom. The van der Waals surface area contributed by atoms with Crippen LogP contribution in [-0.4, -0.2) is 35.9 Å². The summed E-state index contributed by atoms with van der Waals surface area (Å²) in [5.41, 5.74) is 3.58. The van der Waals surface area contributed by atoms with Crippen LogP contribution in [0.4, 0.5) is 11.4 Å². The summed E-state index contributed by atoms with van der Waals surface area (Å²) in [4.78, 5) is 36.2. The Kier molecular flexibility index (Phi) is 7.63. The van der Waals surface area contributed by atoms with E-state index in [-0.39, 0.29) is 17.6 Å². The van der Waals surface area contributed by atoms with Gasteiger partial charge in [0.25, 0.3) is 0 Å². The standard InChI is InChI=1S/C21H24N2O4S/c1-13-5-9-17(10-6-13)22-19(24)12-28-15(3)20(25)23-18-11-16(21(26)27-4)8-7-14(18)2/h5-11,15H,12H2,1-4H3,(H,22,24)(H,23,25)/t15-/m0/s1. The first kappa shape index (κ1) is 21.5. The second-order valence-electron chi connectivity index (χ2n) is 6.38. The molecule has 0 spiro atoms. The van der Waals surface area contributed by atoms with E-state index in [0.29, 0.717) is 11.3 Å². The molecule has 0 saturated carbocycles. The molecule has 2 rings (SSSR count). The Morgan fingerprint density at radius 1 is 1.04 bits per heavy atom. The summed E-state index contributed by atoms with van der Waals surface area (Å²) in [7, 11) is 1.31. The van der Waals surface area contributed by atoms with E-state index in [1.165, 1.54) is 18.9 Å². The van der Waals surface area contributed by atoms with E-state index < -0.39 is 11.2 Å². The normalized spacial score (nSPS) is 11.4. The number of hydrogen-bond acceptors (Lipinski definition) is 5. The van der Waals surface area contributed by atoms with Crippen LogP contribution in [-0.2, 0) is 14.3 Å². The molecule has 2 aromatic rings. The first-order valence-corrected chi connectivity index (χ1v) is 9.83. The summed E-state index contributed by atoms with van der Waals surface area (Å²) in [6, 6.07) is 12.5. The van der Waals surface area contributed by atoms with Gasteiger partial charge in [-0.15, -0.1) is 11.8 Å². The Balaban J connectivity index is 1.89. The second kappa shape index (κ2) is 9.94. The van der Waals surface area contributed by atoms with Gasteiger partial charge in [-0.25, -0.2) is 4.79 Å². The van der Waals surface area contributed by atoms with Crippen LogP contribution in [0.1, 0.15) is 28.4 Å². The fraction of sp³-hybridized carbons (Fsp3) is 0.286. The molecule has 0 radical (unpaired) electrons. The minimum absolute atomic E-state index is 0.156. The predicted molar refractivity (Wildman–Crippen MR) is 113 cm³/mol. The second-order valence-corrected chi connectivity index (χ2v) is 7.71. The topological polar surface area (TPSA) is 84.5 Å². The molecular formula is C21H24N2O4S. The molecule has 0 aromatic heterocycles. The Hall–Kier alpha value is -2.80. The molecule has 0 heterocycles. The molecule has 7 heteroatoms. The number of aryl methyl sites for hydroxylation is 2. The van der Waals surface area contributed by atoms with Gasteiger partial charge in [-0.3, -0.25) is 9.59 Å². The van der Waals surface area contributed by atoms with Gasteiger partial charge in [0.1, 0.15) is 0 Å². The lowest BCUT2D eigenvalue weighted by Crippen LogP contribution is -2.25. The summed E-state index contributed by atoms with van der Waals surface area (Å²) in [5.74, 6) is -0.717. The highest BCUT2D eigenvalue weighted by molar-refractivity contribution is 8.01. The lowest BCUT2D eigenvalue weighted by atomic mass is 10.1. The highest BCUT2D eigenvalue weighted by Crippen LogP contribution is 2.20. The molecule has 2 aromatic carbocycles. The Morgan fingerprint density at radius 2 is 1.71 bits per heavy atom. The Labute approximate surface area is 169 Å². The molecule has 0 aliphatic carbocycles. The number of anilines is 2. The van der Waals surface area contributed by atoms with Crippen molar-refractivity contribution in [1.29, 1.82) is 0 Å². The maximum Gasteiger partial charge on any atom is 0.337 e. The largest absolute Gasteiger partial charge is 0.465 e. The number of nitrogens with one attached hydrogen (secondary N) is 2. The maximum atomic E-state index is 12.4. The van der Waals surface area contributed by atoms with Crippen molar-refractivity contribution >= 4 is 40.9 Å². The van der Waals surface area contributed by atoms with Gasteiger partial charge in [0, 0.05) is 11.4 Å². The molecule has 1 atom stereocenters. The van der Waals surface area contributed by atoms with Gasteiger partial charge in [-0.05, 0) is 50.6 Å². The zero-order valence-electron chi connectivity index (χ0n) is 16.4. The highest BCUT2D eigenvalue weighted by atomic mass is 32.2. The molecule has 0 aliphatic heterocycles. The van der Waals surface area contributed by atoms with Crippen molar-refractivity contribution in [3.8, 4) is 0 Å². The summed E-state index contributed by atoms with van der Waals surface area (Å²) in [5, 5.41) is 5.18. The van der Waals surface area contributed by atoms with Crippen LogP contribution in [0.25, 0.3) is 0 Å². The lowest BCUT2D eigenvalue weighted by molar-refractivity contribution is -0.115. The van der Waals surface area contributed by atoms with Crippen molar-refractivity contribution in [3.05, 3.63) is 59.2 Å². The van der Waals surface area contributed by atoms with Crippen LogP contribution in [0.2, 0.25) is 0 Å². The number of hydrogen-bond donors (Lipinski definition) is 2. The molecular weight excluding hydrogens is 376 g/mol. The van der Waals surface area contributed by atoms with Crippen LogP contribution in [0.5, 0.6) is 0 Å². The quantitative estimate of drug-likeness (QED) is 0.691. The molecule has 0 unspecified atom stereocenters. The van der Waals surface area contributed by atoms with Gasteiger partial charge < -0.3 is 15.4 Å². The molecule has 0 aliphatic rings. The molecule has 148 valence electrons. The minimum atomic E-state index is -0.467. The summed E-state index contributed by atoms with van der Waals surface area (Å²) in [6.07, 6.45) is 0. The highest BCUT2D eigenvalue weighted by Gasteiger charge is 2.17. The van der Waals surface area contributed by atoms with Gasteiger partial charge in [0.15, 0.2) is 0 Å². The van der Waals surface area contributed by atoms with Crippen molar-refractivity contribution in [3.63, 3.8) is 0 Å². The van der Waals surface area contributed by atoms with Gasteiger partial charge >= 0.3 is 5.97 Å². The smallest absolute Gasteiger partial charge is 0.337 e. The molecule has 2 N–H and O–H groups in total. The van der Waals surface area contributed by atoms with Crippen LogP contribution < -0.4 is 10.6 Å². The monoisotopic (exact) mass is 400 g/mol. The minimum Gasteiger partial charge on any atom is -0.465 e. The number of carbonyl (C=O) groups is 3. The third kappa shape index (κ3) is 6.13. The lowest BCUT2D eigenvalue weighted by Gasteiger charge is -2.14. The van der Waals surface area contributed by atoms with E-state index in [2.05, 4.69) is 10.6 Å². The zero-order chi connectivity index (χ0) is 20.7. The first-order chi connectivity index (χ1) is 13.3. The van der Waals surface area contributed by atoms with Crippen LogP contribution >= 0.6 is 11.8 Å². The van der Waals surface area contributed by atoms with Crippen molar-refractivity contribution in [1.82, 2.24) is 0 Å². The molecule has 2 amide bonds. The summed E-state index contributed by atoms with van der Waals surface area (Å²) >= 11 is 1.24. The van der Waals surface area contributed by atoms with Crippen LogP contribution in [0, 0.1) is 13.8 Å². The zero-order valence-corrected chi connectivity index (χ0v) is 17.2. The number of esters is 1. The summed E-state index contributed by atoms with van der Waals surface area (Å²) < 4.78 is 4.70. The number of thioether (sulfide) groups is 1. The van der Waals surface area contributed by atoms with E-state index in [0.717, 1.165) is 16.8 Å². The van der Waals surface area contributed by atoms with Crippen molar-refractivity contribution in [2.75, 3.05) is 23.5 Å². The SMILES string of the molecule is COC(=O)c1ccc(C)c(NC(=O)[C@H](C)SCC(=O)Nc2ccc(C)cc2)c1. The summed E-state index contributed by atoms with van der Waals surface area (Å²) in [6.45, 7) is 5.55. The van der Waals surface area contributed by atoms with Crippen LogP contribution in [0.15, 0.2) is 42.5 Å². The predicted octanol–water partition coefficient (Wildman–Crippen LogP) is 3.79. The van der Waals surface area contributed by atoms with Crippen molar-refractivity contribution in [2.45, 2.75) is 26.0 Å². The number of amides is 2. The molecule has 0 saturated heterocycles. The third-order valence-corrected chi connectivity index (χ3v) is 5.23. The first-order valence-electron chi connectivity index (χ1n) is 8.78. The van der Waals surface area contributed by atoms with Crippen molar-refractivity contribution in [2.24, 2.45) is 0 Å². The average molecular weight is 401 g/mol.